The van der Waals surface area contributed by atoms with Gasteiger partial charge in [0.15, 0.2) is 0 Å². The van der Waals surface area contributed by atoms with Gasteiger partial charge in [0, 0.05) is 37.5 Å². The zero-order valence-corrected chi connectivity index (χ0v) is 27.0. The molecule has 0 saturated heterocycles. The van der Waals surface area contributed by atoms with E-state index in [1.165, 1.54) is 49.4 Å². The maximum absolute atomic E-state index is 11.0. The minimum absolute atomic E-state index is 0. The summed E-state index contributed by atoms with van der Waals surface area (Å²) < 4.78 is 6.99. The molecular weight excluding hydrogens is 570 g/mol. The zero-order chi connectivity index (χ0) is 24.7. The summed E-state index contributed by atoms with van der Waals surface area (Å²) in [6.45, 7) is 8.70. The van der Waals surface area contributed by atoms with Crippen molar-refractivity contribution in [2.75, 3.05) is 20.8 Å². The molecule has 0 aliphatic carbocycles. The van der Waals surface area contributed by atoms with Crippen LogP contribution in [0.15, 0.2) is 33.2 Å². The van der Waals surface area contributed by atoms with Crippen LogP contribution in [0.2, 0.25) is 0 Å². The van der Waals surface area contributed by atoms with Crippen LogP contribution >= 0.6 is 31.9 Å². The van der Waals surface area contributed by atoms with E-state index in [1.807, 2.05) is 0 Å². The molecular formula is C26H39BBr2NaO4. The summed E-state index contributed by atoms with van der Waals surface area (Å²) >= 11 is 7.10. The van der Waals surface area contributed by atoms with E-state index in [-0.39, 0.29) is 45.4 Å². The van der Waals surface area contributed by atoms with Crippen molar-refractivity contribution in [3.63, 3.8) is 0 Å². The summed E-state index contributed by atoms with van der Waals surface area (Å²) in [6.07, 6.45) is 5.28. The van der Waals surface area contributed by atoms with Crippen molar-refractivity contribution in [3.05, 3.63) is 66.6 Å². The average molecular weight is 609 g/mol. The Labute approximate surface area is 248 Å². The molecule has 2 rings (SSSR count). The quantitative estimate of drug-likeness (QED) is 0.274. The van der Waals surface area contributed by atoms with E-state index in [0.717, 1.165) is 39.2 Å². The third-order valence-corrected chi connectivity index (χ3v) is 7.44. The van der Waals surface area contributed by atoms with Crippen molar-refractivity contribution in [2.45, 2.75) is 66.2 Å². The molecule has 0 unspecified atom stereocenters. The van der Waals surface area contributed by atoms with Gasteiger partial charge in [-0.15, -0.1) is 0 Å². The molecule has 2 N–H and O–H groups in total. The molecule has 185 valence electrons. The molecule has 0 fully saturated rings. The van der Waals surface area contributed by atoms with Crippen LogP contribution in [0.3, 0.4) is 0 Å². The summed E-state index contributed by atoms with van der Waals surface area (Å²) in [4.78, 5) is 11.0. The number of halogens is 2. The molecule has 3 radical (unpaired) electrons. The molecule has 4 nitrogen and oxygen atoms in total. The van der Waals surface area contributed by atoms with Crippen molar-refractivity contribution in [1.82, 2.24) is 0 Å². The Balaban J connectivity index is -0.000000239. The number of aryl methyl sites for hydroxylation is 6. The van der Waals surface area contributed by atoms with Gasteiger partial charge in [-0.2, -0.15) is 0 Å². The third-order valence-electron chi connectivity index (χ3n) is 4.94. The first-order chi connectivity index (χ1) is 15.2. The van der Waals surface area contributed by atoms with E-state index < -0.39 is 0 Å². The molecule has 0 atom stereocenters. The standard InChI is InChI=1S/C13H17BrO2.C12H17BrO.CH4O.B.Na.H/c1-9-7-11(8-10(2)13(9)14)5-4-6-12(15)16-3;1-9-7-11(5-3-4-6-14)8-10(2)12(9)13;1-2;;;/h7-8H,4-6H2,1-3H3;7-8,14H,3-6H2,1-2H3;2H,1H3;;;/q;;;;+1;-1. The molecule has 0 bridgehead atoms. The van der Waals surface area contributed by atoms with E-state index >= 15 is 0 Å². The number of rotatable bonds is 8. The minimum atomic E-state index is -0.134. The summed E-state index contributed by atoms with van der Waals surface area (Å²) in [6, 6.07) is 8.76. The Morgan fingerprint density at radius 2 is 1.18 bits per heavy atom. The Bertz CT molecular complexity index is 808. The van der Waals surface area contributed by atoms with Gasteiger partial charge in [0.05, 0.1) is 7.11 Å². The van der Waals surface area contributed by atoms with Crippen molar-refractivity contribution < 1.29 is 50.7 Å². The SMILES string of the molecule is CO.COC(=O)CCCc1cc(C)c(Br)c(C)c1.Cc1cc(CCCCO)cc(C)c1Br.[B].[H-].[Na+]. The average Bonchev–Trinajstić information content (AvgIpc) is 2.77. The largest absolute Gasteiger partial charge is 1.00 e. The number of hydrogen-bond donors (Lipinski definition) is 2. The van der Waals surface area contributed by atoms with E-state index in [4.69, 9.17) is 10.2 Å². The van der Waals surface area contributed by atoms with E-state index in [1.54, 1.807) is 0 Å². The second-order valence-corrected chi connectivity index (χ2v) is 9.28. The van der Waals surface area contributed by atoms with Gasteiger partial charge in [0.1, 0.15) is 0 Å². The Morgan fingerprint density at radius 1 is 0.824 bits per heavy atom. The molecule has 0 amide bonds. The van der Waals surface area contributed by atoms with E-state index in [0.29, 0.717) is 13.0 Å². The summed E-state index contributed by atoms with van der Waals surface area (Å²) in [7, 11) is 2.43. The second-order valence-electron chi connectivity index (χ2n) is 7.70. The number of aliphatic hydroxyl groups is 2. The van der Waals surface area contributed by atoms with Crippen LogP contribution in [-0.2, 0) is 22.4 Å². The molecule has 2 aromatic carbocycles. The first kappa shape index (κ1) is 38.4. The van der Waals surface area contributed by atoms with Gasteiger partial charge < -0.3 is 16.4 Å². The van der Waals surface area contributed by atoms with Gasteiger partial charge in [0.25, 0.3) is 0 Å². The van der Waals surface area contributed by atoms with E-state index in [9.17, 15) is 4.79 Å². The van der Waals surface area contributed by atoms with Crippen LogP contribution in [0.4, 0.5) is 0 Å². The predicted octanol–water partition coefficient (Wildman–Crippen LogP) is 3.29. The van der Waals surface area contributed by atoms with E-state index in [2.05, 4.69) is 88.6 Å². The second kappa shape index (κ2) is 22.1. The number of hydrogen-bond acceptors (Lipinski definition) is 4. The summed E-state index contributed by atoms with van der Waals surface area (Å²) in [5.41, 5.74) is 7.73. The monoisotopic (exact) mass is 607 g/mol. The minimum Gasteiger partial charge on any atom is -1.00 e. The normalized spacial score (nSPS) is 9.35. The number of aliphatic hydroxyl groups excluding tert-OH is 2. The maximum atomic E-state index is 11.0. The third kappa shape index (κ3) is 15.1. The van der Waals surface area contributed by atoms with Crippen molar-refractivity contribution in [3.8, 4) is 0 Å². The molecule has 2 aromatic rings. The summed E-state index contributed by atoms with van der Waals surface area (Å²) in [5, 5.41) is 15.7. The number of carbonyl (C=O) groups is 1. The smallest absolute Gasteiger partial charge is 1.00 e. The van der Waals surface area contributed by atoms with Crippen LogP contribution < -0.4 is 29.6 Å². The van der Waals surface area contributed by atoms with Gasteiger partial charge in [-0.3, -0.25) is 4.79 Å². The van der Waals surface area contributed by atoms with Gasteiger partial charge >= 0.3 is 35.5 Å². The van der Waals surface area contributed by atoms with Gasteiger partial charge in [0.2, 0.25) is 0 Å². The molecule has 34 heavy (non-hydrogen) atoms. The fraction of sp³-hybridized carbons (Fsp3) is 0.500. The number of ether oxygens (including phenoxy) is 1. The van der Waals surface area contributed by atoms with Crippen LogP contribution in [0.25, 0.3) is 0 Å². The molecule has 0 aliphatic rings. The number of unbranched alkanes of at least 4 members (excludes halogenated alkanes) is 1. The van der Waals surface area contributed by atoms with Gasteiger partial charge in [-0.1, -0.05) is 56.1 Å². The number of benzene rings is 2. The Morgan fingerprint density at radius 3 is 1.50 bits per heavy atom. The maximum Gasteiger partial charge on any atom is 1.00 e. The van der Waals surface area contributed by atoms with Crippen molar-refractivity contribution in [1.29, 1.82) is 0 Å². The molecule has 0 aliphatic heterocycles. The topological polar surface area (TPSA) is 66.8 Å². The molecule has 0 spiro atoms. The van der Waals surface area contributed by atoms with Crippen LogP contribution in [-0.4, -0.2) is 45.4 Å². The Kier molecular flexibility index (Phi) is 24.9. The molecule has 8 heteroatoms. The Hall–Kier alpha value is -0.145. The van der Waals surface area contributed by atoms with Gasteiger partial charge in [-0.05, 0) is 93.2 Å². The fourth-order valence-electron chi connectivity index (χ4n) is 3.34. The first-order valence-electron chi connectivity index (χ1n) is 10.8. The van der Waals surface area contributed by atoms with Crippen molar-refractivity contribution in [2.24, 2.45) is 0 Å². The van der Waals surface area contributed by atoms with Gasteiger partial charge in [-0.25, -0.2) is 0 Å². The first-order valence-corrected chi connectivity index (χ1v) is 12.4. The molecule has 0 heterocycles. The van der Waals surface area contributed by atoms with Crippen molar-refractivity contribution >= 4 is 46.2 Å². The number of methoxy groups -OCH3 is 1. The molecule has 0 aromatic heterocycles. The predicted molar refractivity (Wildman–Crippen MR) is 147 cm³/mol. The number of carbonyl (C=O) groups excluding carboxylic acids is 1. The fourth-order valence-corrected chi connectivity index (χ4v) is 3.80. The van der Waals surface area contributed by atoms with Crippen LogP contribution in [0, 0.1) is 27.7 Å². The van der Waals surface area contributed by atoms with Crippen LogP contribution in [0.1, 0.15) is 60.5 Å². The summed E-state index contributed by atoms with van der Waals surface area (Å²) in [5.74, 6) is -0.134. The zero-order valence-electron chi connectivity index (χ0n) is 22.8. The van der Waals surface area contributed by atoms with Crippen LogP contribution in [0.5, 0.6) is 0 Å². The number of esters is 1. The molecule has 0 saturated carbocycles.